The topological polar surface area (TPSA) is 36.9 Å². The van der Waals surface area contributed by atoms with Gasteiger partial charge in [-0.3, -0.25) is 0 Å². The number of thiophene rings is 6. The Morgan fingerprint density at radius 3 is 1.02 bits per heavy atom. The lowest BCUT2D eigenvalue weighted by Gasteiger charge is -2.33. The Kier molecular flexibility index (Phi) is 38.8. The first kappa shape index (κ1) is 99.1. The van der Waals surface area contributed by atoms with Crippen molar-refractivity contribution in [2.45, 2.75) is 325 Å². The fraction of sp³-hybridized carbons (Fsp3) is 0.556. The predicted octanol–water partition coefficient (Wildman–Crippen LogP) is 36.7. The lowest BCUT2D eigenvalue weighted by atomic mass is 9.67. The summed E-state index contributed by atoms with van der Waals surface area (Å²) < 4.78 is 40.4. The molecule has 2 fully saturated rings. The van der Waals surface area contributed by atoms with Crippen LogP contribution in [0.1, 0.15) is 310 Å². The van der Waals surface area contributed by atoms with Crippen LogP contribution in [0.3, 0.4) is 0 Å². The van der Waals surface area contributed by atoms with Crippen molar-refractivity contribution in [3.8, 4) is 32.7 Å². The Morgan fingerprint density at radius 2 is 0.649 bits per heavy atom. The smallest absolute Gasteiger partial charge is 0.399 e. The van der Waals surface area contributed by atoms with E-state index in [1.54, 1.807) is 11.1 Å². The maximum atomic E-state index is 6.60. The van der Waals surface area contributed by atoms with Gasteiger partial charge in [0.2, 0.25) is 0 Å². The van der Waals surface area contributed by atoms with Crippen molar-refractivity contribution in [3.63, 3.8) is 0 Å². The standard InChI is InChI=1S/C41H64B2O4.C39H48S3.C8H2Br2S3.2CH4.H12P10/c1-11-13-15-17-19-21-27-41(28-22-20-18-16-14-12-2)35-29-31(42-44-37(3,4)38(5,6)45-42)23-25-33(35)34-26-24-32(30-36(34)41)43-46-39(7,8)40(9,10)47-43;1-5-7-9-11-13-15-21-39(22-16-14-12-10-8-6-2)32-23-27(3)17-19-30(32)31-20-18-29(25-33(31)39)34-26-36-38(42-34)37-35(41-36)24-28(4)40-37;9-5-1-3-7(12-5)8-4(11-3)2-6(10)13-8;;;1-7(2)10(8(3)4)9(5)6/h23-26,29-30H,11-22,27-28H2,1-10H3;17-20,23-26H,5-16,21-22H2,1-4H3;1-2H;2*1H4;1-6H2. The first-order chi connectivity index (χ1) is 53.4. The summed E-state index contributed by atoms with van der Waals surface area (Å²) >= 11 is 18.5. The van der Waals surface area contributed by atoms with Gasteiger partial charge >= 0.3 is 14.2 Å². The van der Waals surface area contributed by atoms with Crippen molar-refractivity contribution >= 4 is 244 Å². The first-order valence-corrected chi connectivity index (χ1v) is 65.2. The van der Waals surface area contributed by atoms with Crippen LogP contribution in [0, 0.1) is 13.8 Å². The largest absolute Gasteiger partial charge is 0.494 e. The molecular weight excluding hydrogens is 1830 g/mol. The Morgan fingerprint density at radius 1 is 0.342 bits per heavy atom. The minimum Gasteiger partial charge on any atom is -0.399 e. The molecule has 14 rings (SSSR count). The second-order valence-electron chi connectivity index (χ2n) is 33.8. The molecule has 0 radical (unpaired) electrons. The predicted molar refractivity (Wildman–Crippen MR) is 562 cm³/mol. The van der Waals surface area contributed by atoms with Gasteiger partial charge in [-0.2, -0.15) is 0 Å². The molecule has 6 aromatic heterocycles. The van der Waals surface area contributed by atoms with E-state index in [0.29, 0.717) is 0 Å². The summed E-state index contributed by atoms with van der Waals surface area (Å²) in [4.78, 5) is 2.86. The van der Waals surface area contributed by atoms with Crippen molar-refractivity contribution in [2.24, 2.45) is 0 Å². The maximum Gasteiger partial charge on any atom is 0.494 e. The summed E-state index contributed by atoms with van der Waals surface area (Å²) in [6.07, 6.45) is 36.9. The van der Waals surface area contributed by atoms with Gasteiger partial charge in [0.1, 0.15) is 0 Å². The minimum absolute atomic E-state index is 0. The van der Waals surface area contributed by atoms with E-state index < -0.39 is 0 Å². The zero-order chi connectivity index (χ0) is 80.5. The van der Waals surface area contributed by atoms with E-state index in [1.165, 1.54) is 266 Å². The van der Waals surface area contributed by atoms with Gasteiger partial charge in [-0.1, -0.05) is 269 Å². The highest BCUT2D eigenvalue weighted by atomic mass is 79.9. The van der Waals surface area contributed by atoms with Gasteiger partial charge in [0.05, 0.1) is 48.8 Å². The molecule has 0 saturated carbocycles. The Bertz CT molecular complexity index is 4510. The van der Waals surface area contributed by atoms with Crippen molar-refractivity contribution in [3.05, 3.63) is 137 Å². The van der Waals surface area contributed by atoms with Crippen molar-refractivity contribution in [1.29, 1.82) is 0 Å². The van der Waals surface area contributed by atoms with E-state index in [9.17, 15) is 0 Å². The lowest BCUT2D eigenvalue weighted by Crippen LogP contribution is -2.41. The summed E-state index contributed by atoms with van der Waals surface area (Å²) in [7, 11) is 16.9. The van der Waals surface area contributed by atoms with Crippen LogP contribution < -0.4 is 10.9 Å². The number of rotatable bonds is 34. The van der Waals surface area contributed by atoms with Crippen LogP contribution in [-0.2, 0) is 29.4 Å². The fourth-order valence-electron chi connectivity index (χ4n) is 16.9. The van der Waals surface area contributed by atoms with Crippen molar-refractivity contribution in [2.75, 3.05) is 0 Å². The molecule has 6 atom stereocenters. The van der Waals surface area contributed by atoms with E-state index in [1.807, 2.05) is 68.0 Å². The zero-order valence-corrected chi connectivity index (χ0v) is 87.9. The number of fused-ring (bicyclic) bond motifs is 12. The van der Waals surface area contributed by atoms with Crippen LogP contribution in [0.2, 0.25) is 0 Å². The second-order valence-corrected chi connectivity index (χ2v) is 79.7. The van der Waals surface area contributed by atoms with Crippen molar-refractivity contribution < 1.29 is 18.6 Å². The van der Waals surface area contributed by atoms with Gasteiger partial charge in [0.15, 0.2) is 0 Å². The third-order valence-electron chi connectivity index (χ3n) is 24.4. The number of hydrogen-bond acceptors (Lipinski definition) is 10. The van der Waals surface area contributed by atoms with Crippen LogP contribution in [0.15, 0.2) is 105 Å². The van der Waals surface area contributed by atoms with E-state index in [2.05, 4.69) is 279 Å². The van der Waals surface area contributed by atoms with Gasteiger partial charge in [0.25, 0.3) is 0 Å². The normalized spacial score (nSPS) is 16.3. The highest BCUT2D eigenvalue weighted by Gasteiger charge is 2.55. The molecule has 6 unspecified atom stereocenters. The summed E-state index contributed by atoms with van der Waals surface area (Å²) in [5.74, 6) is 0. The van der Waals surface area contributed by atoms with Crippen LogP contribution in [-0.4, -0.2) is 36.6 Å². The molecule has 0 amide bonds. The molecule has 2 aliphatic heterocycles. The SMILES string of the molecule is Brc1cc2sc3cc(Br)sc3c2s1.C.C.CCCCCCCCC1(CCCCCCCC)c2cc(B3OC(C)(C)C(C)(C)O3)ccc2-c2ccc(B3OC(C)(C)C(C)(C)O3)cc21.CCCCCCCCC1(CCCCCCCC)c2cc(C)ccc2-c2ccc(-c3cc4sc5cc(C)sc5c4s3)cc21.PP(P)P(P(P)P)P(P)P. The number of aryl methyl sites for hydroxylation is 2. The fourth-order valence-corrected chi connectivity index (χ4v) is 113. The Hall–Kier alpha value is 1.35. The van der Waals surface area contributed by atoms with E-state index >= 15 is 0 Å². The highest BCUT2D eigenvalue weighted by Crippen LogP contribution is 3.10. The number of halogens is 2. The van der Waals surface area contributed by atoms with Gasteiger partial charge < -0.3 is 18.6 Å². The molecular formula is C90H134B2Br2O4P10S6. The first-order valence-electron chi connectivity index (χ1n) is 41.6. The number of unbranched alkanes of at least 4 members (excludes halogenated alkanes) is 20. The molecule has 2 aliphatic carbocycles. The molecule has 0 N–H and O–H groups in total. The minimum atomic E-state index is -0.370. The molecule has 4 aromatic carbocycles. The summed E-state index contributed by atoms with van der Waals surface area (Å²) in [6, 6.07) is 38.2. The summed E-state index contributed by atoms with van der Waals surface area (Å²) in [5, 5.41) is 0. The van der Waals surface area contributed by atoms with Crippen LogP contribution in [0.25, 0.3) is 70.3 Å². The average Bonchev–Trinajstić information content (AvgIpc) is 1.56. The van der Waals surface area contributed by atoms with Gasteiger partial charge in [0, 0.05) is 39.4 Å². The molecule has 24 heteroatoms. The molecule has 0 bridgehead atoms. The summed E-state index contributed by atoms with van der Waals surface area (Å²) in [6.45, 7) is 31.6. The quantitative estimate of drug-likeness (QED) is 0.0229. The molecule has 4 nitrogen and oxygen atoms in total. The van der Waals surface area contributed by atoms with Crippen molar-refractivity contribution in [1.82, 2.24) is 0 Å². The summed E-state index contributed by atoms with van der Waals surface area (Å²) in [5.41, 5.74) is 15.6. The monoisotopic (exact) mass is 1960 g/mol. The zero-order valence-electron chi connectivity index (χ0n) is 69.3. The van der Waals surface area contributed by atoms with Crippen LogP contribution >= 0.6 is 181 Å². The molecule has 2 saturated heterocycles. The lowest BCUT2D eigenvalue weighted by molar-refractivity contribution is 0.00578. The average molecular weight is 1960 g/mol. The third kappa shape index (κ3) is 23.4. The van der Waals surface area contributed by atoms with Crippen LogP contribution in [0.5, 0.6) is 0 Å². The Labute approximate surface area is 750 Å². The van der Waals surface area contributed by atoms with Gasteiger partial charge in [-0.15, -0.1) is 122 Å². The molecule has 114 heavy (non-hydrogen) atoms. The highest BCUT2D eigenvalue weighted by molar-refractivity contribution is 9.16. The van der Waals surface area contributed by atoms with E-state index in [4.69, 9.17) is 18.6 Å². The Balaban J connectivity index is 0.000000201. The van der Waals surface area contributed by atoms with Crippen LogP contribution in [0.4, 0.5) is 0 Å². The van der Waals surface area contributed by atoms with Gasteiger partial charge in [-0.05, 0) is 246 Å². The number of benzene rings is 4. The number of hydrogen-bond donors (Lipinski definition) is 0. The molecule has 0 spiro atoms. The molecule has 624 valence electrons. The van der Waals surface area contributed by atoms with E-state index in [-0.39, 0.29) is 90.3 Å². The molecule has 4 aliphatic rings. The molecule has 8 heterocycles. The second kappa shape index (κ2) is 44.7. The van der Waals surface area contributed by atoms with Gasteiger partial charge in [-0.25, -0.2) is 0 Å². The maximum absolute atomic E-state index is 6.60. The third-order valence-corrected chi connectivity index (χ3v) is 82.5. The van der Waals surface area contributed by atoms with E-state index in [0.717, 1.165) is 23.8 Å². The molecule has 10 aromatic rings.